The quantitative estimate of drug-likeness (QED) is 0.765. The second-order valence-corrected chi connectivity index (χ2v) is 4.61. The Morgan fingerprint density at radius 2 is 1.93 bits per heavy atom. The monoisotopic (exact) mass is 209 g/mol. The fraction of sp³-hybridized carbons (Fsp3) is 0.818. The van der Waals surface area contributed by atoms with E-state index in [-0.39, 0.29) is 0 Å². The van der Waals surface area contributed by atoms with Crippen LogP contribution in [-0.4, -0.2) is 29.2 Å². The van der Waals surface area contributed by atoms with Crippen molar-refractivity contribution < 1.29 is 4.42 Å². The van der Waals surface area contributed by atoms with Gasteiger partial charge in [0, 0.05) is 5.92 Å². The topological polar surface area (TPSA) is 42.2 Å². The van der Waals surface area contributed by atoms with E-state index in [9.17, 15) is 0 Å². The molecule has 1 saturated carbocycles. The first-order valence-corrected chi connectivity index (χ1v) is 5.72. The summed E-state index contributed by atoms with van der Waals surface area (Å²) in [6.07, 6.45) is 6.38. The summed E-state index contributed by atoms with van der Waals surface area (Å²) < 4.78 is 5.67. The summed E-state index contributed by atoms with van der Waals surface area (Å²) in [7, 11) is 4.01. The number of hydrogen-bond acceptors (Lipinski definition) is 4. The number of aromatic nitrogens is 2. The van der Waals surface area contributed by atoms with E-state index in [0.717, 1.165) is 18.3 Å². The number of rotatable bonds is 3. The molecule has 1 aromatic rings. The van der Waals surface area contributed by atoms with Crippen molar-refractivity contribution in [2.24, 2.45) is 0 Å². The highest BCUT2D eigenvalue weighted by atomic mass is 16.4. The summed E-state index contributed by atoms with van der Waals surface area (Å²) in [6.45, 7) is 0.736. The van der Waals surface area contributed by atoms with Gasteiger partial charge in [0.15, 0.2) is 0 Å². The molecule has 0 amide bonds. The van der Waals surface area contributed by atoms with Gasteiger partial charge in [-0.3, -0.25) is 0 Å². The predicted molar refractivity (Wildman–Crippen MR) is 57.5 cm³/mol. The lowest BCUT2D eigenvalue weighted by Gasteiger charge is -2.17. The van der Waals surface area contributed by atoms with E-state index in [1.54, 1.807) is 0 Å². The summed E-state index contributed by atoms with van der Waals surface area (Å²) in [5.41, 5.74) is 0. The van der Waals surface area contributed by atoms with Gasteiger partial charge in [0.2, 0.25) is 11.8 Å². The van der Waals surface area contributed by atoms with Crippen molar-refractivity contribution in [2.75, 3.05) is 14.1 Å². The van der Waals surface area contributed by atoms with E-state index in [0.29, 0.717) is 5.92 Å². The van der Waals surface area contributed by atoms with E-state index in [4.69, 9.17) is 4.42 Å². The maximum absolute atomic E-state index is 5.67. The normalized spacial score (nSPS) is 18.6. The van der Waals surface area contributed by atoms with Crippen molar-refractivity contribution in [3.05, 3.63) is 11.8 Å². The first-order chi connectivity index (χ1) is 7.25. The summed E-state index contributed by atoms with van der Waals surface area (Å²) in [5.74, 6) is 2.11. The lowest BCUT2D eigenvalue weighted by molar-refractivity contribution is 0.309. The van der Waals surface area contributed by atoms with Gasteiger partial charge in [-0.2, -0.15) is 0 Å². The Morgan fingerprint density at radius 3 is 2.60 bits per heavy atom. The average molecular weight is 209 g/mol. The molecule has 0 spiro atoms. The van der Waals surface area contributed by atoms with Crippen molar-refractivity contribution in [2.45, 2.75) is 44.6 Å². The molecule has 0 aromatic carbocycles. The van der Waals surface area contributed by atoms with Gasteiger partial charge >= 0.3 is 0 Å². The molecule has 4 nitrogen and oxygen atoms in total. The third kappa shape index (κ3) is 2.78. The minimum absolute atomic E-state index is 0.516. The van der Waals surface area contributed by atoms with Gasteiger partial charge in [-0.1, -0.05) is 19.3 Å². The molecule has 2 rings (SSSR count). The van der Waals surface area contributed by atoms with Crippen LogP contribution in [0.3, 0.4) is 0 Å². The molecule has 1 heterocycles. The Hall–Kier alpha value is -0.900. The van der Waals surface area contributed by atoms with Gasteiger partial charge < -0.3 is 9.32 Å². The van der Waals surface area contributed by atoms with Crippen LogP contribution in [0.2, 0.25) is 0 Å². The van der Waals surface area contributed by atoms with Gasteiger partial charge in [0.1, 0.15) is 0 Å². The largest absolute Gasteiger partial charge is 0.424 e. The second kappa shape index (κ2) is 4.75. The zero-order valence-corrected chi connectivity index (χ0v) is 9.57. The van der Waals surface area contributed by atoms with E-state index in [1.165, 1.54) is 32.1 Å². The maximum Gasteiger partial charge on any atom is 0.230 e. The number of hydrogen-bond donors (Lipinski definition) is 0. The van der Waals surface area contributed by atoms with Crippen molar-refractivity contribution in [1.29, 1.82) is 0 Å². The van der Waals surface area contributed by atoms with Crippen LogP contribution in [0, 0.1) is 0 Å². The zero-order valence-electron chi connectivity index (χ0n) is 9.57. The van der Waals surface area contributed by atoms with Crippen molar-refractivity contribution in [3.63, 3.8) is 0 Å². The van der Waals surface area contributed by atoms with Gasteiger partial charge in [0.05, 0.1) is 6.54 Å². The molecule has 15 heavy (non-hydrogen) atoms. The van der Waals surface area contributed by atoms with Crippen molar-refractivity contribution in [1.82, 2.24) is 15.1 Å². The highest BCUT2D eigenvalue weighted by Gasteiger charge is 2.21. The van der Waals surface area contributed by atoms with Crippen LogP contribution in [0.15, 0.2) is 4.42 Å². The Labute approximate surface area is 90.7 Å². The lowest BCUT2D eigenvalue weighted by Crippen LogP contribution is -2.10. The average Bonchev–Trinajstić information content (AvgIpc) is 2.67. The SMILES string of the molecule is CN(C)Cc1nnc(C2CCCCC2)o1. The van der Waals surface area contributed by atoms with E-state index in [2.05, 4.69) is 10.2 Å². The Kier molecular flexibility index (Phi) is 3.36. The molecule has 0 N–H and O–H groups in total. The highest BCUT2D eigenvalue weighted by molar-refractivity contribution is 4.93. The molecule has 1 aliphatic rings. The molecule has 1 fully saturated rings. The fourth-order valence-electron chi connectivity index (χ4n) is 2.12. The zero-order chi connectivity index (χ0) is 10.7. The fourth-order valence-corrected chi connectivity index (χ4v) is 2.12. The second-order valence-electron chi connectivity index (χ2n) is 4.61. The van der Waals surface area contributed by atoms with Gasteiger partial charge in [0.25, 0.3) is 0 Å². The molecule has 84 valence electrons. The van der Waals surface area contributed by atoms with Gasteiger partial charge in [-0.15, -0.1) is 10.2 Å². The molecule has 4 heteroatoms. The molecule has 0 atom stereocenters. The van der Waals surface area contributed by atoms with E-state index < -0.39 is 0 Å². The van der Waals surface area contributed by atoms with Crippen LogP contribution in [-0.2, 0) is 6.54 Å². The van der Waals surface area contributed by atoms with Gasteiger partial charge in [-0.05, 0) is 26.9 Å². The van der Waals surface area contributed by atoms with Crippen LogP contribution >= 0.6 is 0 Å². The van der Waals surface area contributed by atoms with Crippen LogP contribution in [0.4, 0.5) is 0 Å². The first kappa shape index (κ1) is 10.6. The third-order valence-electron chi connectivity index (χ3n) is 2.89. The van der Waals surface area contributed by atoms with Crippen LogP contribution in [0.5, 0.6) is 0 Å². The maximum atomic E-state index is 5.67. The van der Waals surface area contributed by atoms with E-state index >= 15 is 0 Å². The molecule has 0 saturated heterocycles. The molecule has 1 aromatic heterocycles. The summed E-state index contributed by atoms with van der Waals surface area (Å²) in [5, 5.41) is 8.22. The lowest BCUT2D eigenvalue weighted by atomic mass is 9.89. The molecule has 0 bridgehead atoms. The van der Waals surface area contributed by atoms with Crippen molar-refractivity contribution >= 4 is 0 Å². The van der Waals surface area contributed by atoms with Crippen LogP contribution in [0.1, 0.15) is 49.8 Å². The summed E-state index contributed by atoms with van der Waals surface area (Å²) in [6, 6.07) is 0. The molecular formula is C11H19N3O. The van der Waals surface area contributed by atoms with E-state index in [1.807, 2.05) is 19.0 Å². The van der Waals surface area contributed by atoms with Gasteiger partial charge in [-0.25, -0.2) is 0 Å². The minimum Gasteiger partial charge on any atom is -0.424 e. The molecule has 1 aliphatic carbocycles. The highest BCUT2D eigenvalue weighted by Crippen LogP contribution is 2.31. The third-order valence-corrected chi connectivity index (χ3v) is 2.89. The van der Waals surface area contributed by atoms with Crippen LogP contribution < -0.4 is 0 Å². The summed E-state index contributed by atoms with van der Waals surface area (Å²) in [4.78, 5) is 2.04. The standard InChI is InChI=1S/C11H19N3O/c1-14(2)8-10-12-13-11(15-10)9-6-4-3-5-7-9/h9H,3-8H2,1-2H3. The predicted octanol–water partition coefficient (Wildman–Crippen LogP) is 2.18. The Balaban J connectivity index is 1.99. The smallest absolute Gasteiger partial charge is 0.230 e. The Morgan fingerprint density at radius 1 is 1.20 bits per heavy atom. The minimum atomic E-state index is 0.516. The van der Waals surface area contributed by atoms with Crippen molar-refractivity contribution in [3.8, 4) is 0 Å². The molecule has 0 radical (unpaired) electrons. The summed E-state index contributed by atoms with van der Waals surface area (Å²) >= 11 is 0. The Bertz CT molecular complexity index is 303. The molecular weight excluding hydrogens is 190 g/mol. The molecule has 0 unspecified atom stereocenters. The number of nitrogens with zero attached hydrogens (tertiary/aromatic N) is 3. The first-order valence-electron chi connectivity index (χ1n) is 5.72. The van der Waals surface area contributed by atoms with Crippen LogP contribution in [0.25, 0.3) is 0 Å². The molecule has 0 aliphatic heterocycles.